The highest BCUT2D eigenvalue weighted by Crippen LogP contribution is 2.51. The fraction of sp³-hybridized carbons (Fsp3) is 0. The van der Waals surface area contributed by atoms with Crippen LogP contribution in [0.25, 0.3) is 108 Å². The predicted molar refractivity (Wildman–Crippen MR) is 226 cm³/mol. The van der Waals surface area contributed by atoms with Crippen molar-refractivity contribution < 1.29 is 0 Å². The molecule has 0 unspecified atom stereocenters. The van der Waals surface area contributed by atoms with Crippen LogP contribution < -0.4 is 0 Å². The van der Waals surface area contributed by atoms with Crippen LogP contribution in [0.15, 0.2) is 176 Å². The van der Waals surface area contributed by atoms with Gasteiger partial charge in [-0.2, -0.15) is 0 Å². The molecule has 12 aromatic rings. The Kier molecular flexibility index (Phi) is 5.93. The highest BCUT2D eigenvalue weighted by Gasteiger charge is 2.25. The van der Waals surface area contributed by atoms with E-state index in [0.717, 1.165) is 33.8 Å². The van der Waals surface area contributed by atoms with Gasteiger partial charge in [0.15, 0.2) is 0 Å². The van der Waals surface area contributed by atoms with Crippen LogP contribution in [-0.4, -0.2) is 14.1 Å². The second-order valence-corrected chi connectivity index (χ2v) is 14.9. The van der Waals surface area contributed by atoms with E-state index >= 15 is 0 Å². The lowest BCUT2D eigenvalue weighted by molar-refractivity contribution is 1.10. The smallest absolute Gasteiger partial charge is 0.145 e. The summed E-state index contributed by atoms with van der Waals surface area (Å²) in [5.74, 6) is 0.930. The Hall–Kier alpha value is -6.75. The fourth-order valence-electron chi connectivity index (χ4n) is 8.89. The number of nitrogens with zero attached hydrogens (tertiary/aromatic N) is 3. The van der Waals surface area contributed by atoms with Crippen molar-refractivity contribution in [1.29, 1.82) is 0 Å². The molecule has 246 valence electrons. The first-order valence-electron chi connectivity index (χ1n) is 18.1. The van der Waals surface area contributed by atoms with Gasteiger partial charge in [0, 0.05) is 58.7 Å². The lowest BCUT2D eigenvalue weighted by atomic mass is 9.94. The first-order valence-corrected chi connectivity index (χ1v) is 18.9. The van der Waals surface area contributed by atoms with Gasteiger partial charge < -0.3 is 4.57 Å². The first-order chi connectivity index (χ1) is 26.3. The molecule has 0 aliphatic carbocycles. The quantitative estimate of drug-likeness (QED) is 0.169. The summed E-state index contributed by atoms with van der Waals surface area (Å²) in [6.07, 6.45) is 0. The molecule has 4 heteroatoms. The van der Waals surface area contributed by atoms with E-state index < -0.39 is 0 Å². The number of hydrogen-bond acceptors (Lipinski definition) is 2. The second kappa shape index (κ2) is 10.9. The number of imidazole rings is 1. The van der Waals surface area contributed by atoms with Crippen molar-refractivity contribution in [3.8, 4) is 22.8 Å². The van der Waals surface area contributed by atoms with Crippen LogP contribution in [0, 0.1) is 0 Å². The average molecular weight is 692 g/mol. The van der Waals surface area contributed by atoms with E-state index in [1.807, 2.05) is 11.3 Å². The Morgan fingerprint density at radius 2 is 0.925 bits per heavy atom. The molecule has 3 nitrogen and oxygen atoms in total. The molecule has 0 spiro atoms. The summed E-state index contributed by atoms with van der Waals surface area (Å²) >= 11 is 1.90. The zero-order valence-corrected chi connectivity index (χ0v) is 29.3. The van der Waals surface area contributed by atoms with Crippen LogP contribution in [-0.2, 0) is 0 Å². The molecule has 3 heterocycles. The number of hydrogen-bond donors (Lipinski definition) is 0. The predicted octanol–water partition coefficient (Wildman–Crippen LogP) is 13.6. The van der Waals surface area contributed by atoms with Crippen molar-refractivity contribution in [2.75, 3.05) is 0 Å². The van der Waals surface area contributed by atoms with Crippen LogP contribution in [0.2, 0.25) is 0 Å². The van der Waals surface area contributed by atoms with Crippen LogP contribution in [0.5, 0.6) is 0 Å². The Bertz CT molecular complexity index is 3440. The third-order valence-electron chi connectivity index (χ3n) is 11.1. The van der Waals surface area contributed by atoms with Gasteiger partial charge in [-0.15, -0.1) is 11.3 Å². The maximum Gasteiger partial charge on any atom is 0.145 e. The maximum absolute atomic E-state index is 5.19. The van der Waals surface area contributed by atoms with E-state index in [9.17, 15) is 0 Å². The second-order valence-electron chi connectivity index (χ2n) is 13.9. The summed E-state index contributed by atoms with van der Waals surface area (Å²) in [6.45, 7) is 0. The van der Waals surface area contributed by atoms with E-state index in [0.29, 0.717) is 0 Å². The Morgan fingerprint density at radius 1 is 0.377 bits per heavy atom. The third kappa shape index (κ3) is 3.96. The fourth-order valence-corrected chi connectivity index (χ4v) is 10.1. The Balaban J connectivity index is 1.25. The highest BCUT2D eigenvalue weighted by atomic mass is 32.1. The monoisotopic (exact) mass is 691 g/mol. The Morgan fingerprint density at radius 3 is 1.70 bits per heavy atom. The van der Waals surface area contributed by atoms with Crippen LogP contribution in [0.1, 0.15) is 0 Å². The SMILES string of the molecule is c1ccc(-n2c(-c3ccc(-n4c5c6ccccc6c6ccccc6c5c5c6ccccc6c6sc7ccccc7c6c54)cc3)nc3ccccc32)cc1. The molecule has 0 fully saturated rings. The lowest BCUT2D eigenvalue weighted by Gasteiger charge is -2.14. The number of thiophene rings is 1. The van der Waals surface area contributed by atoms with Crippen molar-refractivity contribution in [2.24, 2.45) is 0 Å². The zero-order chi connectivity index (χ0) is 34.6. The molecule has 0 saturated carbocycles. The molecular formula is C49H29N3S. The lowest BCUT2D eigenvalue weighted by Crippen LogP contribution is -1.99. The minimum absolute atomic E-state index is 0.930. The van der Waals surface area contributed by atoms with E-state index in [-0.39, 0.29) is 0 Å². The summed E-state index contributed by atoms with van der Waals surface area (Å²) in [7, 11) is 0. The molecule has 9 aromatic carbocycles. The van der Waals surface area contributed by atoms with Crippen molar-refractivity contribution in [1.82, 2.24) is 14.1 Å². The largest absolute Gasteiger partial charge is 0.308 e. The minimum Gasteiger partial charge on any atom is -0.308 e. The molecular weight excluding hydrogens is 663 g/mol. The number of rotatable bonds is 3. The van der Waals surface area contributed by atoms with Gasteiger partial charge in [-0.05, 0) is 76.1 Å². The van der Waals surface area contributed by atoms with Gasteiger partial charge in [0.1, 0.15) is 5.82 Å². The molecule has 0 atom stereocenters. The molecule has 53 heavy (non-hydrogen) atoms. The molecule has 0 N–H and O–H groups in total. The van der Waals surface area contributed by atoms with Gasteiger partial charge in [0.25, 0.3) is 0 Å². The van der Waals surface area contributed by atoms with Crippen molar-refractivity contribution >= 4 is 96.7 Å². The van der Waals surface area contributed by atoms with Crippen molar-refractivity contribution in [2.45, 2.75) is 0 Å². The minimum atomic E-state index is 0.930. The van der Waals surface area contributed by atoms with E-state index in [4.69, 9.17) is 4.98 Å². The molecule has 12 rings (SSSR count). The molecule has 0 aliphatic rings. The Labute approximate surface area is 308 Å². The van der Waals surface area contributed by atoms with Crippen molar-refractivity contribution in [3.05, 3.63) is 176 Å². The number of aromatic nitrogens is 3. The first kappa shape index (κ1) is 28.9. The van der Waals surface area contributed by atoms with Gasteiger partial charge >= 0.3 is 0 Å². The van der Waals surface area contributed by atoms with Gasteiger partial charge in [-0.3, -0.25) is 4.57 Å². The van der Waals surface area contributed by atoms with Gasteiger partial charge in [0.2, 0.25) is 0 Å². The van der Waals surface area contributed by atoms with Gasteiger partial charge in [-0.25, -0.2) is 4.98 Å². The number of fused-ring (bicyclic) bond motifs is 16. The molecule has 0 bridgehead atoms. The van der Waals surface area contributed by atoms with E-state index in [1.165, 1.54) is 74.3 Å². The van der Waals surface area contributed by atoms with Crippen LogP contribution >= 0.6 is 11.3 Å². The summed E-state index contributed by atoms with van der Waals surface area (Å²) < 4.78 is 7.48. The highest BCUT2D eigenvalue weighted by molar-refractivity contribution is 7.27. The summed E-state index contributed by atoms with van der Waals surface area (Å²) in [5, 5.41) is 12.9. The standard InChI is InChI=1S/C49H29N3S/c1-2-14-31(15-3-1)51-41-24-12-11-23-40(41)50-49(51)30-26-28-32(29-27-30)52-46-37-20-8-5-17-34(37)33-16-4-6-18-35(33)43(46)44-36-19-7-9-21-38(36)48-45(47(44)52)39-22-10-13-25-42(39)53-48/h1-29H. The maximum atomic E-state index is 5.19. The number of benzene rings is 9. The van der Waals surface area contributed by atoms with E-state index in [2.05, 4.69) is 185 Å². The van der Waals surface area contributed by atoms with E-state index in [1.54, 1.807) is 0 Å². The molecule has 0 aliphatic heterocycles. The van der Waals surface area contributed by atoms with Crippen LogP contribution in [0.4, 0.5) is 0 Å². The summed E-state index contributed by atoms with van der Waals surface area (Å²) in [4.78, 5) is 5.19. The third-order valence-corrected chi connectivity index (χ3v) is 12.3. The topological polar surface area (TPSA) is 22.8 Å². The molecule has 0 radical (unpaired) electrons. The van der Waals surface area contributed by atoms with Crippen molar-refractivity contribution in [3.63, 3.8) is 0 Å². The summed E-state index contributed by atoms with van der Waals surface area (Å²) in [5.41, 5.74) is 7.87. The van der Waals surface area contributed by atoms with Crippen LogP contribution in [0.3, 0.4) is 0 Å². The molecule has 0 amide bonds. The zero-order valence-electron chi connectivity index (χ0n) is 28.5. The summed E-state index contributed by atoms with van der Waals surface area (Å²) in [6, 6.07) is 63.9. The van der Waals surface area contributed by atoms with Gasteiger partial charge in [0.05, 0.1) is 22.1 Å². The number of para-hydroxylation sites is 3. The normalized spacial score (nSPS) is 12.2. The molecule has 3 aromatic heterocycles. The average Bonchev–Trinajstić information content (AvgIpc) is 3.92. The molecule has 0 saturated heterocycles. The van der Waals surface area contributed by atoms with Gasteiger partial charge in [-0.1, -0.05) is 121 Å².